The van der Waals surface area contributed by atoms with Gasteiger partial charge in [0.15, 0.2) is 0 Å². The van der Waals surface area contributed by atoms with Crippen molar-refractivity contribution in [1.29, 1.82) is 0 Å². The number of ether oxygens (including phenoxy) is 1. The van der Waals surface area contributed by atoms with Crippen LogP contribution >= 0.6 is 0 Å². The van der Waals surface area contributed by atoms with E-state index in [1.807, 2.05) is 0 Å². The van der Waals surface area contributed by atoms with Gasteiger partial charge in [0.25, 0.3) is 0 Å². The van der Waals surface area contributed by atoms with Crippen LogP contribution in [-0.2, 0) is 4.74 Å². The molecule has 2 aliphatic carbocycles. The zero-order valence-corrected chi connectivity index (χ0v) is 5.50. The van der Waals surface area contributed by atoms with Gasteiger partial charge in [0.1, 0.15) is 0 Å². The molecule has 2 rings (SSSR count). The highest BCUT2D eigenvalue weighted by molar-refractivity contribution is 5.38. The van der Waals surface area contributed by atoms with Crippen molar-refractivity contribution in [3.8, 4) is 0 Å². The molecule has 0 aromatic carbocycles. The number of fused-ring (bicyclic) bond motifs is 1. The van der Waals surface area contributed by atoms with Crippen LogP contribution in [-0.4, -0.2) is 13.2 Å². The quantitative estimate of drug-likeness (QED) is 0.510. The van der Waals surface area contributed by atoms with E-state index in [9.17, 15) is 0 Å². The summed E-state index contributed by atoms with van der Waals surface area (Å²) in [7, 11) is 1.77. The van der Waals surface area contributed by atoms with E-state index >= 15 is 0 Å². The van der Waals surface area contributed by atoms with E-state index in [1.54, 1.807) is 7.11 Å². The lowest BCUT2D eigenvalue weighted by molar-refractivity contribution is 0.167. The molecule has 0 aromatic heterocycles. The Bertz CT molecular complexity index is 181. The lowest BCUT2D eigenvalue weighted by Crippen LogP contribution is -1.93. The van der Waals surface area contributed by atoms with Gasteiger partial charge < -0.3 is 4.74 Å². The fourth-order valence-corrected chi connectivity index (χ4v) is 1.64. The minimum atomic E-state index is 0.461. The van der Waals surface area contributed by atoms with E-state index in [2.05, 4.69) is 18.7 Å². The van der Waals surface area contributed by atoms with Crippen LogP contribution in [0.15, 0.2) is 24.3 Å². The Morgan fingerprint density at radius 1 is 1.67 bits per heavy atom. The smallest absolute Gasteiger partial charge is 0.0715 e. The number of methoxy groups -OCH3 is 1. The highest BCUT2D eigenvalue weighted by Crippen LogP contribution is 2.51. The largest absolute Gasteiger partial charge is 0.380 e. The monoisotopic (exact) mass is 122 g/mol. The Morgan fingerprint density at radius 3 is 2.78 bits per heavy atom. The molecule has 0 spiro atoms. The van der Waals surface area contributed by atoms with Gasteiger partial charge >= 0.3 is 0 Å². The van der Waals surface area contributed by atoms with Crippen LogP contribution in [0.4, 0.5) is 0 Å². The molecule has 9 heavy (non-hydrogen) atoms. The predicted molar refractivity (Wildman–Crippen MR) is 36.1 cm³/mol. The third-order valence-electron chi connectivity index (χ3n) is 2.24. The van der Waals surface area contributed by atoms with Crippen LogP contribution in [0.2, 0.25) is 0 Å². The first kappa shape index (κ1) is 5.24. The molecule has 2 aliphatic rings. The van der Waals surface area contributed by atoms with Gasteiger partial charge in [0.2, 0.25) is 0 Å². The van der Waals surface area contributed by atoms with Crippen LogP contribution in [0, 0.1) is 11.8 Å². The van der Waals surface area contributed by atoms with Crippen molar-refractivity contribution >= 4 is 0 Å². The van der Waals surface area contributed by atoms with Crippen molar-refractivity contribution in [3.05, 3.63) is 24.3 Å². The summed E-state index contributed by atoms with van der Waals surface area (Å²) >= 11 is 0. The van der Waals surface area contributed by atoms with Crippen molar-refractivity contribution in [3.63, 3.8) is 0 Å². The Balaban J connectivity index is 2.15. The van der Waals surface area contributed by atoms with Crippen LogP contribution in [0.3, 0.4) is 0 Å². The second kappa shape index (κ2) is 1.48. The van der Waals surface area contributed by atoms with Gasteiger partial charge in [-0.3, -0.25) is 0 Å². The Kier molecular flexibility index (Phi) is 0.862. The maximum Gasteiger partial charge on any atom is 0.0715 e. The molecular weight excluding hydrogens is 112 g/mol. The Labute approximate surface area is 55.0 Å². The summed E-state index contributed by atoms with van der Waals surface area (Å²) in [6.45, 7) is 3.91. The van der Waals surface area contributed by atoms with Crippen LogP contribution in [0.5, 0.6) is 0 Å². The molecule has 0 N–H and O–H groups in total. The van der Waals surface area contributed by atoms with Crippen LogP contribution in [0.25, 0.3) is 0 Å². The summed E-state index contributed by atoms with van der Waals surface area (Å²) in [6, 6.07) is 0. The molecule has 3 atom stereocenters. The first-order valence-corrected chi connectivity index (χ1v) is 3.24. The molecule has 0 saturated heterocycles. The molecule has 0 aromatic rings. The van der Waals surface area contributed by atoms with Crippen LogP contribution < -0.4 is 0 Å². The Morgan fingerprint density at radius 2 is 2.44 bits per heavy atom. The summed E-state index contributed by atoms with van der Waals surface area (Å²) in [5.74, 6) is 1.30. The first-order chi connectivity index (χ1) is 4.34. The fraction of sp³-hybridized carbons (Fsp3) is 0.500. The summed E-state index contributed by atoms with van der Waals surface area (Å²) in [5, 5.41) is 0. The molecule has 48 valence electrons. The maximum absolute atomic E-state index is 5.19. The SMILES string of the molecule is C=C1C=C[C@@H]2[C@@H](OC)[C@H]12. The summed E-state index contributed by atoms with van der Waals surface area (Å²) in [4.78, 5) is 0. The molecule has 1 heteroatoms. The molecule has 1 fully saturated rings. The average molecular weight is 122 g/mol. The van der Waals surface area contributed by atoms with E-state index in [4.69, 9.17) is 4.74 Å². The molecule has 0 radical (unpaired) electrons. The second-order valence-corrected chi connectivity index (χ2v) is 2.74. The number of hydrogen-bond acceptors (Lipinski definition) is 1. The molecule has 1 saturated carbocycles. The molecule has 0 aliphatic heterocycles. The van der Waals surface area contributed by atoms with E-state index < -0.39 is 0 Å². The number of allylic oxidation sites excluding steroid dienone is 1. The third kappa shape index (κ3) is 0.527. The normalized spacial score (nSPS) is 45.4. The zero-order chi connectivity index (χ0) is 6.43. The van der Waals surface area contributed by atoms with Gasteiger partial charge in [0, 0.05) is 18.9 Å². The van der Waals surface area contributed by atoms with Gasteiger partial charge in [0.05, 0.1) is 6.10 Å². The average Bonchev–Trinajstić information content (AvgIpc) is 2.46. The predicted octanol–water partition coefficient (Wildman–Crippen LogP) is 1.37. The molecular formula is C8H10O. The highest BCUT2D eigenvalue weighted by atomic mass is 16.5. The van der Waals surface area contributed by atoms with Crippen molar-refractivity contribution in [2.75, 3.05) is 7.11 Å². The lowest BCUT2D eigenvalue weighted by Gasteiger charge is -1.95. The Hall–Kier alpha value is -0.560. The number of hydrogen-bond donors (Lipinski definition) is 0. The maximum atomic E-state index is 5.19. The van der Waals surface area contributed by atoms with Crippen molar-refractivity contribution in [2.24, 2.45) is 11.8 Å². The second-order valence-electron chi connectivity index (χ2n) is 2.74. The molecule has 0 unspecified atom stereocenters. The van der Waals surface area contributed by atoms with Crippen LogP contribution in [0.1, 0.15) is 0 Å². The van der Waals surface area contributed by atoms with Gasteiger partial charge in [-0.25, -0.2) is 0 Å². The minimum Gasteiger partial charge on any atom is -0.380 e. The van der Waals surface area contributed by atoms with E-state index in [1.165, 1.54) is 5.57 Å². The van der Waals surface area contributed by atoms with Gasteiger partial charge in [-0.1, -0.05) is 18.7 Å². The molecule has 1 nitrogen and oxygen atoms in total. The van der Waals surface area contributed by atoms with Crippen molar-refractivity contribution < 1.29 is 4.74 Å². The topological polar surface area (TPSA) is 9.23 Å². The fourth-order valence-electron chi connectivity index (χ4n) is 1.64. The number of rotatable bonds is 1. The molecule has 0 heterocycles. The summed E-state index contributed by atoms with van der Waals surface area (Å²) < 4.78 is 5.19. The minimum absolute atomic E-state index is 0.461. The van der Waals surface area contributed by atoms with Crippen molar-refractivity contribution in [2.45, 2.75) is 6.10 Å². The first-order valence-electron chi connectivity index (χ1n) is 3.24. The van der Waals surface area contributed by atoms with E-state index in [0.717, 1.165) is 0 Å². The van der Waals surface area contributed by atoms with E-state index in [-0.39, 0.29) is 0 Å². The van der Waals surface area contributed by atoms with Gasteiger partial charge in [-0.05, 0) is 5.57 Å². The summed E-state index contributed by atoms with van der Waals surface area (Å²) in [6.07, 6.45) is 4.76. The van der Waals surface area contributed by atoms with Crippen molar-refractivity contribution in [1.82, 2.24) is 0 Å². The lowest BCUT2D eigenvalue weighted by atomic mass is 10.2. The third-order valence-corrected chi connectivity index (χ3v) is 2.24. The standard InChI is InChI=1S/C8H10O/c1-5-3-4-6-7(5)8(6)9-2/h3-4,6-8H,1H2,2H3/t6-,7+,8+/m0/s1. The summed E-state index contributed by atoms with van der Waals surface area (Å²) in [5.41, 5.74) is 1.24. The highest BCUT2D eigenvalue weighted by Gasteiger charge is 2.52. The van der Waals surface area contributed by atoms with Gasteiger partial charge in [-0.15, -0.1) is 0 Å². The van der Waals surface area contributed by atoms with E-state index in [0.29, 0.717) is 17.9 Å². The van der Waals surface area contributed by atoms with Gasteiger partial charge in [-0.2, -0.15) is 0 Å². The molecule has 0 amide bonds. The molecule has 0 bridgehead atoms. The zero-order valence-electron chi connectivity index (χ0n) is 5.50.